The minimum absolute atomic E-state index is 0.200. The summed E-state index contributed by atoms with van der Waals surface area (Å²) in [7, 11) is 1.62. The smallest absolute Gasteiger partial charge is 0.337 e. The lowest BCUT2D eigenvalue weighted by Gasteiger charge is -2.18. The topological polar surface area (TPSA) is 61.9 Å². The standard InChI is InChI=1S/C19H17F3N4OS/c1-26(10-13-4-8-16(9-5-13)19(20,21)22)17(27)15-6-2-14(3-7-15)11-28-18-23-12-24-25-18/h2-9,12H,10-11H2,1H3,(H,23,24,25). The Kier molecular flexibility index (Phi) is 6.03. The van der Waals surface area contributed by atoms with Crippen LogP contribution in [0.2, 0.25) is 0 Å². The molecule has 9 heteroatoms. The third-order valence-corrected chi connectivity index (χ3v) is 4.96. The van der Waals surface area contributed by atoms with E-state index >= 15 is 0 Å². The molecule has 1 N–H and O–H groups in total. The summed E-state index contributed by atoms with van der Waals surface area (Å²) < 4.78 is 37.9. The number of nitrogens with one attached hydrogen (secondary N) is 1. The summed E-state index contributed by atoms with van der Waals surface area (Å²) >= 11 is 1.50. The molecule has 0 saturated heterocycles. The van der Waals surface area contributed by atoms with Crippen LogP contribution < -0.4 is 0 Å². The van der Waals surface area contributed by atoms with Gasteiger partial charge in [0, 0.05) is 24.9 Å². The summed E-state index contributed by atoms with van der Waals surface area (Å²) in [5.74, 6) is 0.486. The van der Waals surface area contributed by atoms with Gasteiger partial charge in [-0.25, -0.2) is 4.98 Å². The molecule has 3 aromatic rings. The second-order valence-electron chi connectivity index (χ2n) is 6.13. The number of aromatic nitrogens is 3. The van der Waals surface area contributed by atoms with Gasteiger partial charge in [0.1, 0.15) is 6.33 Å². The minimum Gasteiger partial charge on any atom is -0.337 e. The maximum absolute atomic E-state index is 12.6. The van der Waals surface area contributed by atoms with E-state index in [1.54, 1.807) is 19.2 Å². The third-order valence-electron chi connectivity index (χ3n) is 4.02. The number of hydrogen-bond acceptors (Lipinski definition) is 4. The van der Waals surface area contributed by atoms with Crippen molar-refractivity contribution in [3.8, 4) is 0 Å². The number of aromatic amines is 1. The van der Waals surface area contributed by atoms with E-state index in [1.165, 1.54) is 35.1 Å². The highest BCUT2D eigenvalue weighted by Gasteiger charge is 2.30. The van der Waals surface area contributed by atoms with Crippen LogP contribution in [0.3, 0.4) is 0 Å². The predicted molar refractivity (Wildman–Crippen MR) is 99.6 cm³/mol. The Morgan fingerprint density at radius 1 is 1.07 bits per heavy atom. The second kappa shape index (κ2) is 8.47. The number of benzene rings is 2. The van der Waals surface area contributed by atoms with Gasteiger partial charge in [-0.3, -0.25) is 9.89 Å². The van der Waals surface area contributed by atoms with Crippen molar-refractivity contribution in [2.75, 3.05) is 7.05 Å². The maximum Gasteiger partial charge on any atom is 0.416 e. The predicted octanol–water partition coefficient (Wildman–Crippen LogP) is 4.39. The molecule has 5 nitrogen and oxygen atoms in total. The quantitative estimate of drug-likeness (QED) is 0.617. The summed E-state index contributed by atoms with van der Waals surface area (Å²) in [5, 5.41) is 7.26. The largest absolute Gasteiger partial charge is 0.416 e. The lowest BCUT2D eigenvalue weighted by molar-refractivity contribution is -0.137. The van der Waals surface area contributed by atoms with E-state index in [-0.39, 0.29) is 12.5 Å². The highest BCUT2D eigenvalue weighted by Crippen LogP contribution is 2.29. The van der Waals surface area contributed by atoms with E-state index in [2.05, 4.69) is 15.2 Å². The Hall–Kier alpha value is -2.81. The molecule has 1 amide bonds. The molecule has 0 aliphatic heterocycles. The van der Waals surface area contributed by atoms with Gasteiger partial charge in [0.2, 0.25) is 0 Å². The van der Waals surface area contributed by atoms with Gasteiger partial charge in [-0.2, -0.15) is 18.3 Å². The van der Waals surface area contributed by atoms with Crippen molar-refractivity contribution in [2.45, 2.75) is 23.6 Å². The average Bonchev–Trinajstić information content (AvgIpc) is 3.19. The van der Waals surface area contributed by atoms with E-state index in [1.807, 2.05) is 12.1 Å². The molecule has 0 aliphatic carbocycles. The van der Waals surface area contributed by atoms with Crippen molar-refractivity contribution in [1.29, 1.82) is 0 Å². The molecular formula is C19H17F3N4OS. The second-order valence-corrected chi connectivity index (χ2v) is 7.10. The monoisotopic (exact) mass is 406 g/mol. The molecule has 0 fully saturated rings. The number of halogens is 3. The first kappa shape index (κ1) is 19.9. The van der Waals surface area contributed by atoms with Gasteiger partial charge >= 0.3 is 6.18 Å². The van der Waals surface area contributed by atoms with Gasteiger partial charge in [-0.05, 0) is 35.4 Å². The van der Waals surface area contributed by atoms with Gasteiger partial charge in [0.05, 0.1) is 5.56 Å². The van der Waals surface area contributed by atoms with Gasteiger partial charge < -0.3 is 4.90 Å². The summed E-state index contributed by atoms with van der Waals surface area (Å²) in [6, 6.07) is 12.0. The maximum atomic E-state index is 12.6. The summed E-state index contributed by atoms with van der Waals surface area (Å²) in [6.45, 7) is 0.222. The fraction of sp³-hybridized carbons (Fsp3) is 0.211. The van der Waals surface area contributed by atoms with Crippen LogP contribution in [0, 0.1) is 0 Å². The number of nitrogens with zero attached hydrogens (tertiary/aromatic N) is 3. The van der Waals surface area contributed by atoms with Crippen molar-refractivity contribution in [1.82, 2.24) is 20.1 Å². The Morgan fingerprint density at radius 3 is 2.29 bits per heavy atom. The molecule has 28 heavy (non-hydrogen) atoms. The number of amides is 1. The number of rotatable bonds is 6. The lowest BCUT2D eigenvalue weighted by Crippen LogP contribution is -2.26. The highest BCUT2D eigenvalue weighted by atomic mass is 32.2. The molecule has 0 saturated carbocycles. The molecule has 0 unspecified atom stereocenters. The zero-order chi connectivity index (χ0) is 20.1. The zero-order valence-corrected chi connectivity index (χ0v) is 15.7. The van der Waals surface area contributed by atoms with Gasteiger partial charge in [-0.15, -0.1) is 0 Å². The van der Waals surface area contributed by atoms with Crippen LogP contribution in [0.1, 0.15) is 27.0 Å². The molecule has 2 aromatic carbocycles. The van der Waals surface area contributed by atoms with E-state index in [0.29, 0.717) is 16.9 Å². The number of thioether (sulfide) groups is 1. The Labute approximate surface area is 164 Å². The Balaban J connectivity index is 1.58. The first-order chi connectivity index (χ1) is 13.3. The molecule has 3 rings (SSSR count). The van der Waals surface area contributed by atoms with Crippen LogP contribution in [-0.2, 0) is 18.5 Å². The minimum atomic E-state index is -4.37. The Bertz CT molecular complexity index is 910. The first-order valence-electron chi connectivity index (χ1n) is 8.31. The normalized spacial score (nSPS) is 11.4. The van der Waals surface area contributed by atoms with E-state index in [9.17, 15) is 18.0 Å². The first-order valence-corrected chi connectivity index (χ1v) is 9.30. The number of H-pyrrole nitrogens is 1. The summed E-state index contributed by atoms with van der Waals surface area (Å²) in [4.78, 5) is 18.1. The summed E-state index contributed by atoms with van der Waals surface area (Å²) in [5.41, 5.74) is 1.47. The van der Waals surface area contributed by atoms with Crippen molar-refractivity contribution in [3.05, 3.63) is 77.1 Å². The van der Waals surface area contributed by atoms with E-state index in [0.717, 1.165) is 22.9 Å². The average molecular weight is 406 g/mol. The lowest BCUT2D eigenvalue weighted by atomic mass is 10.1. The van der Waals surface area contributed by atoms with Crippen molar-refractivity contribution in [2.24, 2.45) is 0 Å². The van der Waals surface area contributed by atoms with Crippen LogP contribution in [0.25, 0.3) is 0 Å². The Morgan fingerprint density at radius 2 is 1.71 bits per heavy atom. The number of alkyl halides is 3. The molecule has 0 aliphatic rings. The van der Waals surface area contributed by atoms with Gasteiger partial charge in [0.25, 0.3) is 5.91 Å². The highest BCUT2D eigenvalue weighted by molar-refractivity contribution is 7.98. The molecule has 1 heterocycles. The summed E-state index contributed by atoms with van der Waals surface area (Å²) in [6.07, 6.45) is -2.93. The molecule has 146 valence electrons. The SMILES string of the molecule is CN(Cc1ccc(C(F)(F)F)cc1)C(=O)c1ccc(CSc2ncn[nH]2)cc1. The number of carbonyl (C=O) groups excluding carboxylic acids is 1. The molecule has 0 radical (unpaired) electrons. The molecule has 0 atom stereocenters. The fourth-order valence-electron chi connectivity index (χ4n) is 2.52. The van der Waals surface area contributed by atoms with Crippen molar-refractivity contribution < 1.29 is 18.0 Å². The van der Waals surface area contributed by atoms with Crippen LogP contribution in [0.15, 0.2) is 60.0 Å². The zero-order valence-electron chi connectivity index (χ0n) is 14.9. The number of carbonyl (C=O) groups is 1. The van der Waals surface area contributed by atoms with Crippen LogP contribution in [0.5, 0.6) is 0 Å². The van der Waals surface area contributed by atoms with Gasteiger partial charge in [-0.1, -0.05) is 36.0 Å². The van der Waals surface area contributed by atoms with Crippen LogP contribution in [0.4, 0.5) is 13.2 Å². The molecular weight excluding hydrogens is 389 g/mol. The molecule has 0 spiro atoms. The van der Waals surface area contributed by atoms with E-state index in [4.69, 9.17) is 0 Å². The molecule has 0 bridgehead atoms. The van der Waals surface area contributed by atoms with Crippen molar-refractivity contribution in [3.63, 3.8) is 0 Å². The van der Waals surface area contributed by atoms with Crippen LogP contribution in [-0.4, -0.2) is 33.0 Å². The molecule has 1 aromatic heterocycles. The van der Waals surface area contributed by atoms with Crippen LogP contribution >= 0.6 is 11.8 Å². The van der Waals surface area contributed by atoms with Crippen molar-refractivity contribution >= 4 is 17.7 Å². The van der Waals surface area contributed by atoms with Gasteiger partial charge in [0.15, 0.2) is 5.16 Å². The third kappa shape index (κ3) is 5.13. The van der Waals surface area contributed by atoms with E-state index < -0.39 is 11.7 Å². The fourth-order valence-corrected chi connectivity index (χ4v) is 3.26. The number of hydrogen-bond donors (Lipinski definition) is 1.